The van der Waals surface area contributed by atoms with E-state index in [9.17, 15) is 4.79 Å². The normalized spacial score (nSPS) is 23.0. The zero-order valence-corrected chi connectivity index (χ0v) is 11.3. The Bertz CT molecular complexity index is 459. The third kappa shape index (κ3) is 3.40. The Labute approximate surface area is 113 Å². The van der Waals surface area contributed by atoms with E-state index >= 15 is 0 Å². The number of hydrogen-bond donors (Lipinski definition) is 2. The van der Waals surface area contributed by atoms with Gasteiger partial charge >= 0.3 is 5.97 Å². The molecule has 1 aliphatic carbocycles. The van der Waals surface area contributed by atoms with Crippen LogP contribution in [-0.4, -0.2) is 17.2 Å². The molecule has 0 heterocycles. The monoisotopic (exact) mass is 263 g/mol. The molecule has 2 unspecified atom stereocenters. The van der Waals surface area contributed by atoms with Gasteiger partial charge in [0.25, 0.3) is 0 Å². The molecular formula is C15H21NO3. The van der Waals surface area contributed by atoms with Crippen molar-refractivity contribution in [2.75, 3.05) is 5.73 Å². The molecule has 3 N–H and O–H groups in total. The van der Waals surface area contributed by atoms with Gasteiger partial charge in [-0.05, 0) is 43.4 Å². The minimum atomic E-state index is -0.958. The maximum Gasteiger partial charge on any atom is 0.335 e. The molecule has 1 aliphatic rings. The Kier molecular flexibility index (Phi) is 4.30. The molecule has 0 aliphatic heterocycles. The van der Waals surface area contributed by atoms with Gasteiger partial charge in [-0.15, -0.1) is 0 Å². The van der Waals surface area contributed by atoms with Crippen LogP contribution in [0.25, 0.3) is 0 Å². The van der Waals surface area contributed by atoms with Gasteiger partial charge in [0, 0.05) is 0 Å². The van der Waals surface area contributed by atoms with Crippen LogP contribution in [0.4, 0.5) is 5.69 Å². The summed E-state index contributed by atoms with van der Waals surface area (Å²) in [5, 5.41) is 8.99. The number of nitrogen functional groups attached to an aromatic ring is 1. The van der Waals surface area contributed by atoms with Crippen LogP contribution >= 0.6 is 0 Å². The first-order chi connectivity index (χ1) is 9.10. The lowest BCUT2D eigenvalue weighted by Gasteiger charge is -2.29. The maximum atomic E-state index is 11.0. The van der Waals surface area contributed by atoms with Gasteiger partial charge in [-0.25, -0.2) is 4.79 Å². The van der Waals surface area contributed by atoms with Crippen LogP contribution in [0.15, 0.2) is 18.2 Å². The standard InChI is InChI=1S/C15H21NO3/c1-2-10-4-3-5-12(8-10)19-14-9-11(15(17)18)6-7-13(14)16/h6-7,9-10,12H,2-5,8,16H2,1H3,(H,17,18). The number of anilines is 1. The van der Waals surface area contributed by atoms with Crippen molar-refractivity contribution in [2.45, 2.75) is 45.1 Å². The van der Waals surface area contributed by atoms with Gasteiger partial charge in [0.1, 0.15) is 5.75 Å². The fourth-order valence-electron chi connectivity index (χ4n) is 2.67. The minimum absolute atomic E-state index is 0.157. The van der Waals surface area contributed by atoms with Crippen LogP contribution in [0.1, 0.15) is 49.4 Å². The predicted octanol–water partition coefficient (Wildman–Crippen LogP) is 3.31. The van der Waals surface area contributed by atoms with Crippen molar-refractivity contribution in [3.05, 3.63) is 23.8 Å². The van der Waals surface area contributed by atoms with Crippen LogP contribution in [0.5, 0.6) is 5.75 Å². The lowest BCUT2D eigenvalue weighted by atomic mass is 9.85. The summed E-state index contributed by atoms with van der Waals surface area (Å²) in [6.45, 7) is 2.20. The van der Waals surface area contributed by atoms with Crippen molar-refractivity contribution in [1.82, 2.24) is 0 Å². The van der Waals surface area contributed by atoms with Crippen molar-refractivity contribution < 1.29 is 14.6 Å². The average Bonchev–Trinajstić information content (AvgIpc) is 2.41. The van der Waals surface area contributed by atoms with E-state index in [2.05, 4.69) is 6.92 Å². The SMILES string of the molecule is CCC1CCCC(Oc2cc(C(=O)O)ccc2N)C1. The third-order valence-corrected chi connectivity index (χ3v) is 3.87. The first-order valence-electron chi connectivity index (χ1n) is 6.89. The van der Waals surface area contributed by atoms with E-state index < -0.39 is 5.97 Å². The number of nitrogens with two attached hydrogens (primary N) is 1. The number of rotatable bonds is 4. The molecule has 4 heteroatoms. The Morgan fingerprint density at radius 3 is 2.95 bits per heavy atom. The summed E-state index contributed by atoms with van der Waals surface area (Å²) in [6.07, 6.45) is 5.82. The molecule has 0 saturated heterocycles. The lowest BCUT2D eigenvalue weighted by molar-refractivity contribution is 0.0695. The molecule has 1 saturated carbocycles. The molecule has 1 aromatic rings. The summed E-state index contributed by atoms with van der Waals surface area (Å²) in [7, 11) is 0. The van der Waals surface area contributed by atoms with Gasteiger partial charge in [0.05, 0.1) is 17.4 Å². The zero-order valence-electron chi connectivity index (χ0n) is 11.3. The highest BCUT2D eigenvalue weighted by Crippen LogP contribution is 2.32. The van der Waals surface area contributed by atoms with E-state index in [-0.39, 0.29) is 11.7 Å². The van der Waals surface area contributed by atoms with Crippen LogP contribution < -0.4 is 10.5 Å². The second-order valence-electron chi connectivity index (χ2n) is 5.24. The smallest absolute Gasteiger partial charge is 0.335 e. The van der Waals surface area contributed by atoms with Gasteiger partial charge in [-0.3, -0.25) is 0 Å². The van der Waals surface area contributed by atoms with Crippen molar-refractivity contribution in [3.8, 4) is 5.75 Å². The molecule has 2 rings (SSSR count). The molecule has 4 nitrogen and oxygen atoms in total. The second kappa shape index (κ2) is 5.95. The Balaban J connectivity index is 2.09. The number of carboxylic acid groups (broad SMARTS) is 1. The first kappa shape index (κ1) is 13.7. The molecule has 0 bridgehead atoms. The van der Waals surface area contributed by atoms with Crippen molar-refractivity contribution in [1.29, 1.82) is 0 Å². The number of carbonyl (C=O) groups is 1. The second-order valence-corrected chi connectivity index (χ2v) is 5.24. The number of ether oxygens (including phenoxy) is 1. The first-order valence-corrected chi connectivity index (χ1v) is 6.89. The van der Waals surface area contributed by atoms with Crippen LogP contribution in [0.3, 0.4) is 0 Å². The molecular weight excluding hydrogens is 242 g/mol. The summed E-state index contributed by atoms with van der Waals surface area (Å²) in [6, 6.07) is 4.62. The highest BCUT2D eigenvalue weighted by Gasteiger charge is 2.23. The van der Waals surface area contributed by atoms with Crippen molar-refractivity contribution in [2.24, 2.45) is 5.92 Å². The van der Waals surface area contributed by atoms with E-state index in [0.29, 0.717) is 17.4 Å². The molecule has 1 fully saturated rings. The molecule has 0 spiro atoms. The molecule has 1 aromatic carbocycles. The lowest BCUT2D eigenvalue weighted by Crippen LogP contribution is -2.25. The fourth-order valence-corrected chi connectivity index (χ4v) is 2.67. The number of carboxylic acids is 1. The molecule has 2 atom stereocenters. The van der Waals surface area contributed by atoms with Gasteiger partial charge in [-0.2, -0.15) is 0 Å². The molecule has 0 aromatic heterocycles. The molecule has 104 valence electrons. The van der Waals surface area contributed by atoms with Crippen LogP contribution in [0.2, 0.25) is 0 Å². The third-order valence-electron chi connectivity index (χ3n) is 3.87. The van der Waals surface area contributed by atoms with E-state index in [1.807, 2.05) is 0 Å². The van der Waals surface area contributed by atoms with E-state index in [1.54, 1.807) is 6.07 Å². The number of benzene rings is 1. The summed E-state index contributed by atoms with van der Waals surface area (Å²) >= 11 is 0. The van der Waals surface area contributed by atoms with Gasteiger partial charge < -0.3 is 15.6 Å². The van der Waals surface area contributed by atoms with E-state index in [4.69, 9.17) is 15.6 Å². The molecule has 19 heavy (non-hydrogen) atoms. The number of hydrogen-bond acceptors (Lipinski definition) is 3. The summed E-state index contributed by atoms with van der Waals surface area (Å²) in [5.41, 5.74) is 6.57. The zero-order chi connectivity index (χ0) is 13.8. The van der Waals surface area contributed by atoms with E-state index in [1.165, 1.54) is 31.4 Å². The van der Waals surface area contributed by atoms with Crippen LogP contribution in [-0.2, 0) is 0 Å². The summed E-state index contributed by atoms with van der Waals surface area (Å²) < 4.78 is 5.92. The summed E-state index contributed by atoms with van der Waals surface area (Å²) in [5.74, 6) is 0.254. The van der Waals surface area contributed by atoms with E-state index in [0.717, 1.165) is 12.8 Å². The maximum absolute atomic E-state index is 11.0. The average molecular weight is 263 g/mol. The fraction of sp³-hybridized carbons (Fsp3) is 0.533. The predicted molar refractivity (Wildman–Crippen MR) is 74.5 cm³/mol. The quantitative estimate of drug-likeness (QED) is 0.817. The van der Waals surface area contributed by atoms with Crippen molar-refractivity contribution in [3.63, 3.8) is 0 Å². The summed E-state index contributed by atoms with van der Waals surface area (Å²) in [4.78, 5) is 11.0. The Morgan fingerprint density at radius 1 is 1.47 bits per heavy atom. The minimum Gasteiger partial charge on any atom is -0.488 e. The molecule has 0 amide bonds. The van der Waals surface area contributed by atoms with Crippen molar-refractivity contribution >= 4 is 11.7 Å². The van der Waals surface area contributed by atoms with Crippen LogP contribution in [0, 0.1) is 5.92 Å². The van der Waals surface area contributed by atoms with Gasteiger partial charge in [0.2, 0.25) is 0 Å². The highest BCUT2D eigenvalue weighted by atomic mass is 16.5. The Morgan fingerprint density at radius 2 is 2.26 bits per heavy atom. The Hall–Kier alpha value is -1.71. The largest absolute Gasteiger partial charge is 0.488 e. The van der Waals surface area contributed by atoms with Gasteiger partial charge in [0.15, 0.2) is 0 Å². The number of aromatic carboxylic acids is 1. The molecule has 0 radical (unpaired) electrons. The topological polar surface area (TPSA) is 72.5 Å². The highest BCUT2D eigenvalue weighted by molar-refractivity contribution is 5.89. The van der Waals surface area contributed by atoms with Gasteiger partial charge in [-0.1, -0.05) is 19.8 Å².